The van der Waals surface area contributed by atoms with Crippen LogP contribution in [0.3, 0.4) is 0 Å². The number of amides is 1. The van der Waals surface area contributed by atoms with Gasteiger partial charge in [-0.3, -0.25) is 4.79 Å². The minimum Gasteiger partial charge on any atom is -0.423 e. The zero-order valence-electron chi connectivity index (χ0n) is 16.4. The number of nitrogens with zero attached hydrogens (tertiary/aromatic N) is 3. The first-order valence-corrected chi connectivity index (χ1v) is 10.4. The highest BCUT2D eigenvalue weighted by molar-refractivity contribution is 6.04. The molecule has 1 aromatic carbocycles. The van der Waals surface area contributed by atoms with Crippen molar-refractivity contribution < 1.29 is 13.9 Å². The monoisotopic (exact) mass is 384 g/mol. The SMILES string of the molecule is CN1[C@@H]2CCC[C@H]1CC(NC(=O)c1cccc3oc(N4CCOCC4)nc13)C2. The van der Waals surface area contributed by atoms with Gasteiger partial charge in [0.1, 0.15) is 5.52 Å². The van der Waals surface area contributed by atoms with Crippen LogP contribution in [0.4, 0.5) is 6.01 Å². The lowest BCUT2D eigenvalue weighted by molar-refractivity contribution is 0.0463. The van der Waals surface area contributed by atoms with Gasteiger partial charge in [-0.2, -0.15) is 4.98 Å². The number of ether oxygens (including phenoxy) is 1. The summed E-state index contributed by atoms with van der Waals surface area (Å²) in [7, 11) is 2.23. The van der Waals surface area contributed by atoms with Gasteiger partial charge in [0.2, 0.25) is 0 Å². The van der Waals surface area contributed by atoms with Crippen molar-refractivity contribution in [1.82, 2.24) is 15.2 Å². The Hall–Kier alpha value is -2.12. The summed E-state index contributed by atoms with van der Waals surface area (Å²) in [6, 6.07) is 7.59. The van der Waals surface area contributed by atoms with Crippen molar-refractivity contribution in [3.05, 3.63) is 23.8 Å². The highest BCUT2D eigenvalue weighted by atomic mass is 16.5. The molecule has 4 heterocycles. The number of piperidine rings is 2. The van der Waals surface area contributed by atoms with Crippen LogP contribution in [-0.2, 0) is 4.74 Å². The topological polar surface area (TPSA) is 70.8 Å². The number of carbonyl (C=O) groups excluding carboxylic acids is 1. The molecule has 7 heteroatoms. The fraction of sp³-hybridized carbons (Fsp3) is 0.619. The fourth-order valence-corrected chi connectivity index (χ4v) is 5.01. The van der Waals surface area contributed by atoms with Gasteiger partial charge in [-0.25, -0.2) is 0 Å². The number of carbonyl (C=O) groups is 1. The number of anilines is 1. The van der Waals surface area contributed by atoms with Crippen molar-refractivity contribution in [2.24, 2.45) is 0 Å². The summed E-state index contributed by atoms with van der Waals surface area (Å²) in [5.74, 6) is -0.0416. The van der Waals surface area contributed by atoms with Gasteiger partial charge < -0.3 is 24.3 Å². The number of hydrogen-bond donors (Lipinski definition) is 1. The predicted octanol–water partition coefficient (Wildman–Crippen LogP) is 2.41. The van der Waals surface area contributed by atoms with Crippen LogP contribution in [0.15, 0.2) is 22.6 Å². The number of oxazole rings is 1. The van der Waals surface area contributed by atoms with Crippen molar-refractivity contribution in [3.8, 4) is 0 Å². The molecule has 3 saturated heterocycles. The predicted molar refractivity (Wildman–Crippen MR) is 107 cm³/mol. The van der Waals surface area contributed by atoms with E-state index >= 15 is 0 Å². The van der Waals surface area contributed by atoms with Crippen molar-refractivity contribution >= 4 is 23.0 Å². The molecule has 2 bridgehead atoms. The normalized spacial score (nSPS) is 28.5. The van der Waals surface area contributed by atoms with Gasteiger partial charge in [0.05, 0.1) is 18.8 Å². The lowest BCUT2D eigenvalue weighted by atomic mass is 9.82. The Morgan fingerprint density at radius 3 is 2.68 bits per heavy atom. The van der Waals surface area contributed by atoms with Crippen molar-refractivity contribution in [1.29, 1.82) is 0 Å². The third-order valence-electron chi connectivity index (χ3n) is 6.61. The zero-order chi connectivity index (χ0) is 19.1. The van der Waals surface area contributed by atoms with E-state index in [1.165, 1.54) is 19.3 Å². The molecule has 3 atom stereocenters. The Balaban J connectivity index is 1.35. The van der Waals surface area contributed by atoms with Gasteiger partial charge >= 0.3 is 0 Å². The van der Waals surface area contributed by atoms with E-state index < -0.39 is 0 Å². The Bertz CT molecular complexity index is 846. The van der Waals surface area contributed by atoms with Crippen LogP contribution in [0.5, 0.6) is 0 Å². The van der Waals surface area contributed by atoms with Crippen molar-refractivity contribution in [2.45, 2.75) is 50.2 Å². The zero-order valence-corrected chi connectivity index (χ0v) is 16.4. The third-order valence-corrected chi connectivity index (χ3v) is 6.61. The molecule has 3 fully saturated rings. The molecule has 0 radical (unpaired) electrons. The number of para-hydroxylation sites is 1. The minimum atomic E-state index is -0.0416. The van der Waals surface area contributed by atoms with E-state index in [-0.39, 0.29) is 11.9 Å². The van der Waals surface area contributed by atoms with E-state index in [0.717, 1.165) is 25.9 Å². The maximum Gasteiger partial charge on any atom is 0.298 e. The van der Waals surface area contributed by atoms with Gasteiger partial charge in [-0.1, -0.05) is 12.5 Å². The lowest BCUT2D eigenvalue weighted by Crippen LogP contribution is -2.55. The van der Waals surface area contributed by atoms with E-state index in [4.69, 9.17) is 9.15 Å². The van der Waals surface area contributed by atoms with Crippen molar-refractivity contribution in [2.75, 3.05) is 38.3 Å². The molecule has 1 N–H and O–H groups in total. The molecule has 5 rings (SSSR count). The second-order valence-corrected chi connectivity index (χ2v) is 8.29. The molecule has 2 aromatic rings. The molecule has 3 aliphatic rings. The molecule has 1 unspecified atom stereocenters. The van der Waals surface area contributed by atoms with Crippen LogP contribution >= 0.6 is 0 Å². The van der Waals surface area contributed by atoms with Gasteiger partial charge in [0, 0.05) is 31.2 Å². The summed E-state index contributed by atoms with van der Waals surface area (Å²) in [5.41, 5.74) is 1.91. The van der Waals surface area contributed by atoms with Crippen LogP contribution in [0, 0.1) is 0 Å². The molecule has 0 saturated carbocycles. The van der Waals surface area contributed by atoms with Crippen LogP contribution in [-0.4, -0.2) is 67.3 Å². The van der Waals surface area contributed by atoms with Crippen molar-refractivity contribution in [3.63, 3.8) is 0 Å². The van der Waals surface area contributed by atoms with Gasteiger partial charge in [-0.15, -0.1) is 0 Å². The van der Waals surface area contributed by atoms with E-state index in [1.807, 2.05) is 18.2 Å². The number of hydrogen-bond acceptors (Lipinski definition) is 6. The Morgan fingerprint density at radius 2 is 1.93 bits per heavy atom. The Kier molecular flexibility index (Phi) is 4.72. The summed E-state index contributed by atoms with van der Waals surface area (Å²) >= 11 is 0. The summed E-state index contributed by atoms with van der Waals surface area (Å²) in [4.78, 5) is 22.3. The first-order chi connectivity index (χ1) is 13.7. The Labute approximate surface area is 165 Å². The highest BCUT2D eigenvalue weighted by Gasteiger charge is 2.36. The van der Waals surface area contributed by atoms with Crippen LogP contribution in [0.1, 0.15) is 42.5 Å². The molecule has 3 aliphatic heterocycles. The van der Waals surface area contributed by atoms with E-state index in [0.29, 0.717) is 48.0 Å². The summed E-state index contributed by atoms with van der Waals surface area (Å²) in [5, 5.41) is 3.28. The molecular formula is C21H28N4O3. The first-order valence-electron chi connectivity index (χ1n) is 10.4. The minimum absolute atomic E-state index is 0.0416. The average Bonchev–Trinajstić information content (AvgIpc) is 3.14. The molecule has 0 spiro atoms. The summed E-state index contributed by atoms with van der Waals surface area (Å²) in [6.07, 6.45) is 5.85. The Morgan fingerprint density at radius 1 is 1.18 bits per heavy atom. The molecule has 150 valence electrons. The number of aromatic nitrogens is 1. The van der Waals surface area contributed by atoms with E-state index in [1.54, 1.807) is 0 Å². The lowest BCUT2D eigenvalue weighted by Gasteiger charge is -2.47. The fourth-order valence-electron chi connectivity index (χ4n) is 5.01. The number of benzene rings is 1. The maximum atomic E-state index is 13.1. The number of nitrogens with one attached hydrogen (secondary N) is 1. The summed E-state index contributed by atoms with van der Waals surface area (Å²) < 4.78 is 11.3. The standard InChI is InChI=1S/C21H28N4O3/c1-24-15-4-2-5-16(24)13-14(12-15)22-20(26)17-6-3-7-18-19(17)23-21(28-18)25-8-10-27-11-9-25/h3,6-7,14-16H,2,4-5,8-13H2,1H3,(H,22,26)/t14?,15-,16+. The molecule has 0 aliphatic carbocycles. The quantitative estimate of drug-likeness (QED) is 0.876. The smallest absolute Gasteiger partial charge is 0.298 e. The largest absolute Gasteiger partial charge is 0.423 e. The molecular weight excluding hydrogens is 356 g/mol. The number of morpholine rings is 1. The van der Waals surface area contributed by atoms with Gasteiger partial charge in [0.15, 0.2) is 5.58 Å². The van der Waals surface area contributed by atoms with E-state index in [9.17, 15) is 4.79 Å². The second kappa shape index (κ2) is 7.37. The second-order valence-electron chi connectivity index (χ2n) is 8.29. The number of rotatable bonds is 3. The molecule has 1 amide bonds. The molecule has 7 nitrogen and oxygen atoms in total. The van der Waals surface area contributed by atoms with Gasteiger partial charge in [-0.05, 0) is 44.9 Å². The molecule has 28 heavy (non-hydrogen) atoms. The van der Waals surface area contributed by atoms with Gasteiger partial charge in [0.25, 0.3) is 11.9 Å². The highest BCUT2D eigenvalue weighted by Crippen LogP contribution is 2.33. The first kappa shape index (κ1) is 17.9. The van der Waals surface area contributed by atoms with E-state index in [2.05, 4.69) is 27.1 Å². The maximum absolute atomic E-state index is 13.1. The van der Waals surface area contributed by atoms with Crippen LogP contribution in [0.25, 0.3) is 11.1 Å². The van der Waals surface area contributed by atoms with Crippen LogP contribution < -0.4 is 10.2 Å². The van der Waals surface area contributed by atoms with Crippen LogP contribution in [0.2, 0.25) is 0 Å². The number of fused-ring (bicyclic) bond motifs is 3. The third kappa shape index (κ3) is 3.26. The summed E-state index contributed by atoms with van der Waals surface area (Å²) in [6.45, 7) is 2.86. The average molecular weight is 384 g/mol. The molecule has 1 aromatic heterocycles.